The monoisotopic (exact) mass is 422 g/mol. The zero-order chi connectivity index (χ0) is 20.3. The van der Waals surface area contributed by atoms with Crippen LogP contribution in [-0.2, 0) is 26.7 Å². The molecule has 1 aromatic heterocycles. The third kappa shape index (κ3) is 3.05. The average Bonchev–Trinajstić information content (AvgIpc) is 3.04. The lowest BCUT2D eigenvalue weighted by Crippen LogP contribution is -2.21. The molecule has 0 fully saturated rings. The van der Waals surface area contributed by atoms with E-state index in [1.807, 2.05) is 0 Å². The summed E-state index contributed by atoms with van der Waals surface area (Å²) in [7, 11) is -9.16. The minimum atomic E-state index is -4.61. The SMILES string of the molecule is Nc1ccc(-n2nc3c(n2)C(S(=O)(=O)O)Cc2cccc(S(=O)(=O)O)c2-3)cc1. The van der Waals surface area contributed by atoms with Gasteiger partial charge in [-0.1, -0.05) is 12.1 Å². The predicted molar refractivity (Wildman–Crippen MR) is 99.0 cm³/mol. The molecule has 4 N–H and O–H groups in total. The number of nitrogen functional groups attached to an aromatic ring is 1. The van der Waals surface area contributed by atoms with Gasteiger partial charge in [-0.25, -0.2) is 0 Å². The summed E-state index contributed by atoms with van der Waals surface area (Å²) in [6.45, 7) is 0. The standard InChI is InChI=1S/C16H14N4O6S2/c17-10-4-6-11(7-5-10)20-18-15-13(28(24,25)26)8-9-2-1-3-12(27(21,22)23)14(9)16(15)19-20/h1-7,13H,8,17H2,(H,21,22,23)(H,24,25,26). The number of benzene rings is 2. The van der Waals surface area contributed by atoms with Crippen LogP contribution in [0.1, 0.15) is 16.5 Å². The highest BCUT2D eigenvalue weighted by Gasteiger charge is 2.39. The lowest BCUT2D eigenvalue weighted by Gasteiger charge is -2.21. The second-order valence-electron chi connectivity index (χ2n) is 6.29. The molecule has 146 valence electrons. The average molecular weight is 422 g/mol. The molecular formula is C16H14N4O6S2. The first kappa shape index (κ1) is 18.6. The van der Waals surface area contributed by atoms with Crippen molar-refractivity contribution in [1.29, 1.82) is 0 Å². The third-order valence-electron chi connectivity index (χ3n) is 4.46. The summed E-state index contributed by atoms with van der Waals surface area (Å²) in [5.74, 6) is 0. The zero-order valence-corrected chi connectivity index (χ0v) is 15.7. The van der Waals surface area contributed by atoms with Gasteiger partial charge >= 0.3 is 0 Å². The van der Waals surface area contributed by atoms with Gasteiger partial charge in [0.1, 0.15) is 21.5 Å². The van der Waals surface area contributed by atoms with Crippen molar-refractivity contribution < 1.29 is 25.9 Å². The van der Waals surface area contributed by atoms with Crippen LogP contribution >= 0.6 is 0 Å². The summed E-state index contributed by atoms with van der Waals surface area (Å²) in [5.41, 5.74) is 6.80. The van der Waals surface area contributed by atoms with Crippen molar-refractivity contribution in [1.82, 2.24) is 15.0 Å². The normalized spacial score (nSPS) is 16.4. The van der Waals surface area contributed by atoms with Gasteiger partial charge in [0, 0.05) is 11.3 Å². The van der Waals surface area contributed by atoms with E-state index in [0.717, 1.165) is 4.80 Å². The van der Waals surface area contributed by atoms with E-state index in [4.69, 9.17) is 5.73 Å². The highest BCUT2D eigenvalue weighted by atomic mass is 32.2. The Hall–Kier alpha value is -2.80. The minimum Gasteiger partial charge on any atom is -0.399 e. The minimum absolute atomic E-state index is 0.0473. The molecule has 0 aliphatic heterocycles. The maximum absolute atomic E-state index is 11.9. The summed E-state index contributed by atoms with van der Waals surface area (Å²) < 4.78 is 66.8. The summed E-state index contributed by atoms with van der Waals surface area (Å²) in [6, 6.07) is 10.4. The van der Waals surface area contributed by atoms with E-state index in [0.29, 0.717) is 16.9 Å². The van der Waals surface area contributed by atoms with Gasteiger partial charge in [0.15, 0.2) is 0 Å². The molecule has 0 bridgehead atoms. The Morgan fingerprint density at radius 3 is 2.29 bits per heavy atom. The molecule has 0 amide bonds. The van der Waals surface area contributed by atoms with Gasteiger partial charge in [-0.05, 0) is 42.3 Å². The highest BCUT2D eigenvalue weighted by Crippen LogP contribution is 2.43. The summed E-state index contributed by atoms with van der Waals surface area (Å²) in [6.07, 6.45) is -0.217. The van der Waals surface area contributed by atoms with Gasteiger partial charge < -0.3 is 5.73 Å². The molecule has 4 rings (SSSR count). The van der Waals surface area contributed by atoms with Crippen molar-refractivity contribution in [3.05, 3.63) is 53.7 Å². The topological polar surface area (TPSA) is 165 Å². The maximum Gasteiger partial charge on any atom is 0.295 e. The van der Waals surface area contributed by atoms with Crippen molar-refractivity contribution in [2.24, 2.45) is 0 Å². The van der Waals surface area contributed by atoms with Crippen molar-refractivity contribution in [2.75, 3.05) is 5.73 Å². The predicted octanol–water partition coefficient (Wildman–Crippen LogP) is 1.25. The highest BCUT2D eigenvalue weighted by molar-refractivity contribution is 7.86. The van der Waals surface area contributed by atoms with Crippen LogP contribution in [0.25, 0.3) is 16.9 Å². The van der Waals surface area contributed by atoms with Crippen LogP contribution < -0.4 is 5.73 Å². The van der Waals surface area contributed by atoms with Crippen LogP contribution in [0, 0.1) is 0 Å². The molecule has 1 heterocycles. The molecule has 1 aliphatic carbocycles. The van der Waals surface area contributed by atoms with E-state index < -0.39 is 30.4 Å². The van der Waals surface area contributed by atoms with E-state index in [9.17, 15) is 25.9 Å². The first-order chi connectivity index (χ1) is 13.1. The van der Waals surface area contributed by atoms with Gasteiger partial charge in [0.25, 0.3) is 20.2 Å². The lowest BCUT2D eigenvalue weighted by atomic mass is 9.92. The summed E-state index contributed by atoms with van der Waals surface area (Å²) in [4.78, 5) is 0.711. The van der Waals surface area contributed by atoms with E-state index in [-0.39, 0.29) is 23.4 Å². The Labute approximate surface area is 160 Å². The van der Waals surface area contributed by atoms with Crippen LogP contribution in [0.5, 0.6) is 0 Å². The molecular weight excluding hydrogens is 408 g/mol. The molecule has 0 saturated carbocycles. The van der Waals surface area contributed by atoms with Crippen LogP contribution in [-0.4, -0.2) is 40.9 Å². The van der Waals surface area contributed by atoms with Crippen LogP contribution in [0.4, 0.5) is 5.69 Å². The molecule has 0 spiro atoms. The zero-order valence-electron chi connectivity index (χ0n) is 14.1. The van der Waals surface area contributed by atoms with Gasteiger partial charge in [-0.2, -0.15) is 26.7 Å². The fraction of sp³-hybridized carbons (Fsp3) is 0.125. The number of hydrogen-bond donors (Lipinski definition) is 3. The number of anilines is 1. The van der Waals surface area contributed by atoms with Crippen molar-refractivity contribution >= 4 is 25.9 Å². The van der Waals surface area contributed by atoms with Crippen molar-refractivity contribution in [2.45, 2.75) is 16.6 Å². The van der Waals surface area contributed by atoms with Crippen LogP contribution in [0.15, 0.2) is 47.4 Å². The number of fused-ring (bicyclic) bond motifs is 3. The number of nitrogens with zero attached hydrogens (tertiary/aromatic N) is 3. The van der Waals surface area contributed by atoms with E-state index in [2.05, 4.69) is 10.2 Å². The Balaban J connectivity index is 2.02. The molecule has 1 atom stereocenters. The van der Waals surface area contributed by atoms with Crippen LogP contribution in [0.3, 0.4) is 0 Å². The van der Waals surface area contributed by atoms with Gasteiger partial charge in [0.05, 0.1) is 5.69 Å². The first-order valence-electron chi connectivity index (χ1n) is 7.95. The smallest absolute Gasteiger partial charge is 0.295 e. The fourth-order valence-corrected chi connectivity index (χ4v) is 4.78. The number of rotatable bonds is 3. The molecule has 10 nitrogen and oxygen atoms in total. The molecule has 3 aromatic rings. The second kappa shape index (κ2) is 6.10. The second-order valence-corrected chi connectivity index (χ2v) is 9.28. The lowest BCUT2D eigenvalue weighted by molar-refractivity contribution is 0.465. The van der Waals surface area contributed by atoms with E-state index >= 15 is 0 Å². The molecule has 28 heavy (non-hydrogen) atoms. The number of nitrogens with two attached hydrogens (primary N) is 1. The maximum atomic E-state index is 11.9. The summed E-state index contributed by atoms with van der Waals surface area (Å²) in [5, 5.41) is 6.99. The quantitative estimate of drug-likeness (QED) is 0.416. The Morgan fingerprint density at radius 1 is 1.00 bits per heavy atom. The molecule has 1 unspecified atom stereocenters. The van der Waals surface area contributed by atoms with Crippen molar-refractivity contribution in [3.8, 4) is 16.9 Å². The number of aromatic nitrogens is 3. The molecule has 0 radical (unpaired) electrons. The molecule has 12 heteroatoms. The third-order valence-corrected chi connectivity index (χ3v) is 6.47. The summed E-state index contributed by atoms with van der Waals surface area (Å²) >= 11 is 0. The number of hydrogen-bond acceptors (Lipinski definition) is 7. The van der Waals surface area contributed by atoms with Gasteiger partial charge in [0.2, 0.25) is 0 Å². The Kier molecular flexibility index (Phi) is 4.04. The van der Waals surface area contributed by atoms with Gasteiger partial charge in [-0.3, -0.25) is 9.11 Å². The Bertz CT molecular complexity index is 1300. The first-order valence-corrected chi connectivity index (χ1v) is 10.9. The Morgan fingerprint density at radius 2 is 1.68 bits per heavy atom. The molecule has 2 aromatic carbocycles. The molecule has 1 aliphatic rings. The van der Waals surface area contributed by atoms with Crippen molar-refractivity contribution in [3.63, 3.8) is 0 Å². The van der Waals surface area contributed by atoms with Crippen LogP contribution in [0.2, 0.25) is 0 Å². The molecule has 0 saturated heterocycles. The fourth-order valence-electron chi connectivity index (χ4n) is 3.21. The van der Waals surface area contributed by atoms with E-state index in [1.165, 1.54) is 18.2 Å². The van der Waals surface area contributed by atoms with Gasteiger partial charge in [-0.15, -0.1) is 5.10 Å². The largest absolute Gasteiger partial charge is 0.399 e. The van der Waals surface area contributed by atoms with E-state index in [1.54, 1.807) is 24.3 Å².